The Morgan fingerprint density at radius 2 is 1.97 bits per heavy atom. The lowest BCUT2D eigenvalue weighted by Crippen LogP contribution is -2.36. The number of nitrogens with zero attached hydrogens (tertiary/aromatic N) is 4. The van der Waals surface area contributed by atoms with Crippen LogP contribution in [0.15, 0.2) is 57.7 Å². The maximum atomic E-state index is 13.3. The number of aromatic nitrogens is 1. The van der Waals surface area contributed by atoms with Crippen molar-refractivity contribution < 1.29 is 9.21 Å². The number of carbonyl (C=O) groups excluding carboxylic acids is 1. The summed E-state index contributed by atoms with van der Waals surface area (Å²) in [6.45, 7) is 6.14. The lowest BCUT2D eigenvalue weighted by atomic mass is 9.88. The molecule has 3 aliphatic rings. The lowest BCUT2D eigenvalue weighted by Gasteiger charge is -2.32. The Labute approximate surface area is 182 Å². The molecule has 1 atom stereocenters. The normalized spacial score (nSPS) is 23.2. The molecule has 0 radical (unpaired) electrons. The molecule has 1 aromatic carbocycles. The van der Waals surface area contributed by atoms with E-state index in [2.05, 4.69) is 36.0 Å². The number of likely N-dealkylation sites (tertiary alicyclic amines) is 1. The van der Waals surface area contributed by atoms with E-state index in [0.717, 1.165) is 66.0 Å². The number of fused-ring (bicyclic) bond motifs is 2. The van der Waals surface area contributed by atoms with Crippen LogP contribution in [0.4, 0.5) is 0 Å². The highest BCUT2D eigenvalue weighted by molar-refractivity contribution is 6.03. The van der Waals surface area contributed by atoms with Crippen LogP contribution in [-0.2, 0) is 4.79 Å². The first-order valence-electron chi connectivity index (χ1n) is 11.1. The van der Waals surface area contributed by atoms with Crippen LogP contribution in [0.5, 0.6) is 0 Å². The van der Waals surface area contributed by atoms with Gasteiger partial charge >= 0.3 is 0 Å². The third-order valence-electron chi connectivity index (χ3n) is 6.55. The Morgan fingerprint density at radius 1 is 1.16 bits per heavy atom. The third kappa shape index (κ3) is 3.88. The Bertz CT molecular complexity index is 1150. The van der Waals surface area contributed by atoms with E-state index in [1.807, 2.05) is 31.2 Å². The molecule has 6 nitrogen and oxygen atoms in total. The fourth-order valence-corrected chi connectivity index (χ4v) is 4.65. The molecule has 1 unspecified atom stereocenters. The minimum Gasteiger partial charge on any atom is -0.441 e. The first kappa shape index (κ1) is 19.9. The summed E-state index contributed by atoms with van der Waals surface area (Å²) in [6.07, 6.45) is 11.0. The molecule has 3 aliphatic heterocycles. The first-order valence-corrected chi connectivity index (χ1v) is 11.1. The number of hydrogen-bond acceptors (Lipinski definition) is 5. The number of rotatable bonds is 2. The third-order valence-corrected chi connectivity index (χ3v) is 6.55. The van der Waals surface area contributed by atoms with Crippen LogP contribution in [0.1, 0.15) is 37.6 Å². The predicted molar refractivity (Wildman–Crippen MR) is 122 cm³/mol. The summed E-state index contributed by atoms with van der Waals surface area (Å²) in [5, 5.41) is 6.38. The topological polar surface area (TPSA) is 61.9 Å². The summed E-state index contributed by atoms with van der Waals surface area (Å²) in [5.74, 6) is 1.15. The Kier molecular flexibility index (Phi) is 5.10. The van der Waals surface area contributed by atoms with Gasteiger partial charge in [-0.15, -0.1) is 0 Å². The van der Waals surface area contributed by atoms with Gasteiger partial charge in [-0.2, -0.15) is 10.1 Å². The molecule has 1 fully saturated rings. The van der Waals surface area contributed by atoms with Crippen molar-refractivity contribution in [3.05, 3.63) is 59.7 Å². The van der Waals surface area contributed by atoms with Gasteiger partial charge in [0.15, 0.2) is 11.5 Å². The molecule has 5 rings (SSSR count). The number of oxazole rings is 1. The monoisotopic (exact) mass is 416 g/mol. The van der Waals surface area contributed by atoms with Crippen molar-refractivity contribution in [2.75, 3.05) is 20.1 Å². The van der Waals surface area contributed by atoms with Crippen LogP contribution >= 0.6 is 0 Å². The summed E-state index contributed by atoms with van der Waals surface area (Å²) in [4.78, 5) is 20.0. The Balaban J connectivity index is 1.46. The average molecular weight is 417 g/mol. The highest BCUT2D eigenvalue weighted by Crippen LogP contribution is 2.33. The van der Waals surface area contributed by atoms with E-state index in [4.69, 9.17) is 9.52 Å². The van der Waals surface area contributed by atoms with E-state index in [-0.39, 0.29) is 11.8 Å². The molecule has 1 saturated heterocycles. The van der Waals surface area contributed by atoms with Crippen molar-refractivity contribution in [3.63, 3.8) is 0 Å². The fraction of sp³-hybridized carbons (Fsp3) is 0.400. The van der Waals surface area contributed by atoms with Gasteiger partial charge in [0.05, 0.1) is 11.4 Å². The molecule has 160 valence electrons. The number of carbonyl (C=O) groups is 1. The Morgan fingerprint density at radius 3 is 2.77 bits per heavy atom. The van der Waals surface area contributed by atoms with E-state index in [1.54, 1.807) is 11.1 Å². The summed E-state index contributed by atoms with van der Waals surface area (Å²) in [6, 6.07) is 5.97. The minimum absolute atomic E-state index is 0.101. The van der Waals surface area contributed by atoms with Crippen molar-refractivity contribution in [1.82, 2.24) is 14.9 Å². The molecule has 31 heavy (non-hydrogen) atoms. The molecule has 1 aromatic heterocycles. The molecular weight excluding hydrogens is 388 g/mol. The van der Waals surface area contributed by atoms with Gasteiger partial charge in [-0.05, 0) is 80.7 Å². The zero-order valence-electron chi connectivity index (χ0n) is 18.3. The van der Waals surface area contributed by atoms with Crippen LogP contribution < -0.4 is 0 Å². The zero-order chi connectivity index (χ0) is 21.5. The molecule has 6 heteroatoms. The second kappa shape index (κ2) is 7.93. The second-order valence-electron chi connectivity index (χ2n) is 8.87. The van der Waals surface area contributed by atoms with E-state index in [1.165, 1.54) is 0 Å². The van der Waals surface area contributed by atoms with Gasteiger partial charge in [0.25, 0.3) is 5.91 Å². The van der Waals surface area contributed by atoms with Crippen molar-refractivity contribution >= 4 is 28.3 Å². The first-order chi connectivity index (χ1) is 15.0. The second-order valence-corrected chi connectivity index (χ2v) is 8.87. The summed E-state index contributed by atoms with van der Waals surface area (Å²) < 4.78 is 5.71. The van der Waals surface area contributed by atoms with Gasteiger partial charge in [-0.25, -0.2) is 4.98 Å². The smallest absolute Gasteiger partial charge is 0.271 e. The van der Waals surface area contributed by atoms with Crippen molar-refractivity contribution in [2.45, 2.75) is 33.1 Å². The number of aryl methyl sites for hydroxylation is 1. The van der Waals surface area contributed by atoms with Gasteiger partial charge in [0.1, 0.15) is 5.52 Å². The van der Waals surface area contributed by atoms with Gasteiger partial charge in [0.2, 0.25) is 0 Å². The van der Waals surface area contributed by atoms with E-state index in [0.29, 0.717) is 11.8 Å². The van der Waals surface area contributed by atoms with Gasteiger partial charge in [0, 0.05) is 18.9 Å². The molecule has 2 aromatic rings. The van der Waals surface area contributed by atoms with Crippen LogP contribution in [0, 0.1) is 18.8 Å². The zero-order valence-corrected chi connectivity index (χ0v) is 18.3. The molecule has 0 saturated carbocycles. The molecular formula is C25H28N4O2. The number of hydrazone groups is 1. The lowest BCUT2D eigenvalue weighted by molar-refractivity contribution is -0.124. The maximum Gasteiger partial charge on any atom is 0.271 e. The van der Waals surface area contributed by atoms with E-state index >= 15 is 0 Å². The van der Waals surface area contributed by atoms with Gasteiger partial charge in [-0.3, -0.25) is 4.79 Å². The van der Waals surface area contributed by atoms with Crippen LogP contribution in [0.25, 0.3) is 16.7 Å². The molecule has 0 spiro atoms. The molecule has 4 heterocycles. The largest absolute Gasteiger partial charge is 0.441 e. The highest BCUT2D eigenvalue weighted by Gasteiger charge is 2.27. The van der Waals surface area contributed by atoms with E-state index in [9.17, 15) is 4.79 Å². The number of hydrogen-bond donors (Lipinski definition) is 0. The number of benzene rings is 1. The quantitative estimate of drug-likeness (QED) is 0.721. The Hall–Kier alpha value is -2.99. The number of amides is 1. The summed E-state index contributed by atoms with van der Waals surface area (Å²) >= 11 is 0. The fourth-order valence-electron chi connectivity index (χ4n) is 4.65. The van der Waals surface area contributed by atoms with Gasteiger partial charge < -0.3 is 9.32 Å². The summed E-state index contributed by atoms with van der Waals surface area (Å²) in [7, 11) is 2.16. The SMILES string of the molecule is Cc1nc2ccc(C3=CC(=O)N4N=C(C5CCN(C)CC5)C=CC4=CCC3C)cc2o1. The standard InChI is InChI=1S/C25H28N4O2/c1-16-4-6-20-7-9-22(18-10-12-28(3)13-11-18)27-29(20)25(30)15-21(16)19-5-8-23-24(14-19)31-17(2)26-23/h5-9,14-16,18H,4,10-13H2,1-3H3. The van der Waals surface area contributed by atoms with Crippen LogP contribution in [-0.4, -0.2) is 46.6 Å². The van der Waals surface area contributed by atoms with Crippen LogP contribution in [0.3, 0.4) is 0 Å². The predicted octanol–water partition coefficient (Wildman–Crippen LogP) is 4.54. The van der Waals surface area contributed by atoms with Crippen molar-refractivity contribution in [3.8, 4) is 0 Å². The maximum absolute atomic E-state index is 13.3. The molecule has 0 bridgehead atoms. The van der Waals surface area contributed by atoms with E-state index < -0.39 is 0 Å². The number of piperidine rings is 1. The number of allylic oxidation sites excluding steroid dienone is 4. The molecule has 1 amide bonds. The average Bonchev–Trinajstić information content (AvgIpc) is 3.14. The minimum atomic E-state index is -0.101. The molecule has 0 N–H and O–H groups in total. The van der Waals surface area contributed by atoms with Crippen molar-refractivity contribution in [2.24, 2.45) is 16.9 Å². The van der Waals surface area contributed by atoms with Crippen molar-refractivity contribution in [1.29, 1.82) is 0 Å². The summed E-state index contributed by atoms with van der Waals surface area (Å²) in [5.41, 5.74) is 5.46. The molecule has 0 aliphatic carbocycles. The van der Waals surface area contributed by atoms with Gasteiger partial charge in [-0.1, -0.05) is 19.1 Å². The highest BCUT2D eigenvalue weighted by atomic mass is 16.3. The van der Waals surface area contributed by atoms with Crippen LogP contribution in [0.2, 0.25) is 0 Å².